The number of nitrogen functional groups attached to an aromatic ring is 1. The second-order valence-corrected chi connectivity index (χ2v) is 5.63. The molecule has 0 amide bonds. The summed E-state index contributed by atoms with van der Waals surface area (Å²) in [5.41, 5.74) is 2.48. The average Bonchev–Trinajstić information content (AvgIpc) is 2.24. The standard InChI is InChI=1S/C12H23N5/c1-8(2)7-14-9-6-10(17-13)16-11(15-9)12(3,4)5/h6,8H,7,13H2,1-5H3,(H2,14,15,16,17). The first-order valence-electron chi connectivity index (χ1n) is 5.93. The third-order valence-corrected chi connectivity index (χ3v) is 2.24. The molecule has 0 unspecified atom stereocenters. The van der Waals surface area contributed by atoms with Gasteiger partial charge in [0.25, 0.3) is 0 Å². The van der Waals surface area contributed by atoms with Crippen LogP contribution in [-0.2, 0) is 5.41 Å². The number of nitrogens with zero attached hydrogens (tertiary/aromatic N) is 2. The van der Waals surface area contributed by atoms with Crippen molar-refractivity contribution in [2.45, 2.75) is 40.0 Å². The van der Waals surface area contributed by atoms with Gasteiger partial charge >= 0.3 is 0 Å². The second-order valence-electron chi connectivity index (χ2n) is 5.63. The van der Waals surface area contributed by atoms with Crippen LogP contribution in [0.3, 0.4) is 0 Å². The quantitative estimate of drug-likeness (QED) is 0.552. The van der Waals surface area contributed by atoms with Crippen molar-refractivity contribution in [2.75, 3.05) is 17.3 Å². The van der Waals surface area contributed by atoms with Gasteiger partial charge in [0.05, 0.1) is 0 Å². The highest BCUT2D eigenvalue weighted by Gasteiger charge is 2.19. The predicted molar refractivity (Wildman–Crippen MR) is 71.9 cm³/mol. The minimum Gasteiger partial charge on any atom is -0.370 e. The van der Waals surface area contributed by atoms with Crippen LogP contribution in [0.15, 0.2) is 6.07 Å². The maximum Gasteiger partial charge on any atom is 0.145 e. The number of anilines is 2. The van der Waals surface area contributed by atoms with Crippen LogP contribution in [0.5, 0.6) is 0 Å². The molecule has 5 heteroatoms. The van der Waals surface area contributed by atoms with Crippen LogP contribution in [0.4, 0.5) is 11.6 Å². The molecule has 1 aromatic heterocycles. The zero-order chi connectivity index (χ0) is 13.1. The summed E-state index contributed by atoms with van der Waals surface area (Å²) in [6.07, 6.45) is 0. The molecule has 0 bridgehead atoms. The van der Waals surface area contributed by atoms with Gasteiger partial charge in [-0.05, 0) is 5.92 Å². The summed E-state index contributed by atoms with van der Waals surface area (Å²) >= 11 is 0. The Morgan fingerprint density at radius 1 is 1.24 bits per heavy atom. The van der Waals surface area contributed by atoms with Gasteiger partial charge in [0.15, 0.2) is 0 Å². The molecule has 0 aliphatic rings. The second kappa shape index (κ2) is 5.31. The molecule has 0 radical (unpaired) electrons. The Morgan fingerprint density at radius 3 is 2.29 bits per heavy atom. The molecule has 0 saturated carbocycles. The SMILES string of the molecule is CC(C)CNc1cc(NN)nc(C(C)(C)C)n1. The van der Waals surface area contributed by atoms with E-state index in [0.29, 0.717) is 11.7 Å². The number of nitrogens with two attached hydrogens (primary N) is 1. The van der Waals surface area contributed by atoms with E-state index in [9.17, 15) is 0 Å². The fourth-order valence-corrected chi connectivity index (χ4v) is 1.26. The van der Waals surface area contributed by atoms with Crippen LogP contribution < -0.4 is 16.6 Å². The summed E-state index contributed by atoms with van der Waals surface area (Å²) in [6, 6.07) is 1.82. The van der Waals surface area contributed by atoms with Gasteiger partial charge in [0.1, 0.15) is 17.5 Å². The van der Waals surface area contributed by atoms with Crippen LogP contribution in [-0.4, -0.2) is 16.5 Å². The molecule has 4 N–H and O–H groups in total. The fraction of sp³-hybridized carbons (Fsp3) is 0.667. The number of hydrogen-bond donors (Lipinski definition) is 3. The average molecular weight is 237 g/mol. The number of hydrogen-bond acceptors (Lipinski definition) is 5. The van der Waals surface area contributed by atoms with Gasteiger partial charge in [-0.25, -0.2) is 15.8 Å². The first kappa shape index (κ1) is 13.7. The van der Waals surface area contributed by atoms with E-state index in [0.717, 1.165) is 18.2 Å². The number of rotatable bonds is 4. The minimum absolute atomic E-state index is 0.0961. The Kier molecular flexibility index (Phi) is 4.28. The van der Waals surface area contributed by atoms with Crippen molar-refractivity contribution in [1.82, 2.24) is 9.97 Å². The maximum atomic E-state index is 5.42. The van der Waals surface area contributed by atoms with Gasteiger partial charge in [0.2, 0.25) is 0 Å². The van der Waals surface area contributed by atoms with Gasteiger partial charge in [-0.3, -0.25) is 0 Å². The predicted octanol–water partition coefficient (Wildman–Crippen LogP) is 2.13. The van der Waals surface area contributed by atoms with Crippen molar-refractivity contribution in [2.24, 2.45) is 11.8 Å². The van der Waals surface area contributed by atoms with E-state index in [1.54, 1.807) is 0 Å². The molecular weight excluding hydrogens is 214 g/mol. The van der Waals surface area contributed by atoms with Crippen LogP contribution in [0.2, 0.25) is 0 Å². The van der Waals surface area contributed by atoms with E-state index in [1.807, 2.05) is 6.07 Å². The first-order valence-corrected chi connectivity index (χ1v) is 5.93. The van der Waals surface area contributed by atoms with Gasteiger partial charge in [-0.15, -0.1) is 0 Å². The summed E-state index contributed by atoms with van der Waals surface area (Å²) in [5, 5.41) is 3.28. The molecule has 0 aromatic carbocycles. The molecular formula is C12H23N5. The lowest BCUT2D eigenvalue weighted by molar-refractivity contribution is 0.546. The highest BCUT2D eigenvalue weighted by molar-refractivity contribution is 5.47. The molecule has 0 spiro atoms. The number of hydrazine groups is 1. The van der Waals surface area contributed by atoms with Crippen LogP contribution >= 0.6 is 0 Å². The zero-order valence-electron chi connectivity index (χ0n) is 11.3. The Bertz CT molecular complexity index is 368. The largest absolute Gasteiger partial charge is 0.370 e. The van der Waals surface area contributed by atoms with Crippen molar-refractivity contribution in [3.05, 3.63) is 11.9 Å². The summed E-state index contributed by atoms with van der Waals surface area (Å²) in [5.74, 6) is 8.21. The fourth-order valence-electron chi connectivity index (χ4n) is 1.26. The van der Waals surface area contributed by atoms with Crippen LogP contribution in [0.1, 0.15) is 40.4 Å². The summed E-state index contributed by atoms with van der Waals surface area (Å²) < 4.78 is 0. The first-order chi connectivity index (χ1) is 7.82. The third kappa shape index (κ3) is 4.19. The molecule has 0 saturated heterocycles. The van der Waals surface area contributed by atoms with Gasteiger partial charge < -0.3 is 10.7 Å². The van der Waals surface area contributed by atoms with Gasteiger partial charge in [-0.1, -0.05) is 34.6 Å². The topological polar surface area (TPSA) is 75.9 Å². The van der Waals surface area contributed by atoms with E-state index in [-0.39, 0.29) is 5.41 Å². The van der Waals surface area contributed by atoms with Crippen LogP contribution in [0.25, 0.3) is 0 Å². The minimum atomic E-state index is -0.0961. The number of aromatic nitrogens is 2. The van der Waals surface area contributed by atoms with Crippen molar-refractivity contribution in [1.29, 1.82) is 0 Å². The lowest BCUT2D eigenvalue weighted by Crippen LogP contribution is -2.20. The molecule has 0 aliphatic carbocycles. The molecule has 0 aliphatic heterocycles. The molecule has 17 heavy (non-hydrogen) atoms. The van der Waals surface area contributed by atoms with Crippen molar-refractivity contribution < 1.29 is 0 Å². The van der Waals surface area contributed by atoms with E-state index in [2.05, 4.69) is 55.3 Å². The Balaban J connectivity index is 2.97. The summed E-state index contributed by atoms with van der Waals surface area (Å²) in [4.78, 5) is 8.87. The van der Waals surface area contributed by atoms with Crippen molar-refractivity contribution in [3.8, 4) is 0 Å². The van der Waals surface area contributed by atoms with Crippen LogP contribution in [0, 0.1) is 5.92 Å². The Morgan fingerprint density at radius 2 is 1.82 bits per heavy atom. The lowest BCUT2D eigenvalue weighted by atomic mass is 9.96. The summed E-state index contributed by atoms with van der Waals surface area (Å²) in [7, 11) is 0. The molecule has 1 rings (SSSR count). The van der Waals surface area contributed by atoms with E-state index in [1.165, 1.54) is 0 Å². The molecule has 1 aromatic rings. The van der Waals surface area contributed by atoms with E-state index < -0.39 is 0 Å². The van der Waals surface area contributed by atoms with Crippen molar-refractivity contribution >= 4 is 11.6 Å². The monoisotopic (exact) mass is 237 g/mol. The molecule has 5 nitrogen and oxygen atoms in total. The third-order valence-electron chi connectivity index (χ3n) is 2.24. The Hall–Kier alpha value is -1.36. The Labute approximate surface area is 103 Å². The normalized spacial score (nSPS) is 11.7. The van der Waals surface area contributed by atoms with Gasteiger partial charge in [-0.2, -0.15) is 0 Å². The molecule has 96 valence electrons. The zero-order valence-corrected chi connectivity index (χ0v) is 11.3. The van der Waals surface area contributed by atoms with E-state index in [4.69, 9.17) is 5.84 Å². The van der Waals surface area contributed by atoms with Crippen molar-refractivity contribution in [3.63, 3.8) is 0 Å². The van der Waals surface area contributed by atoms with Gasteiger partial charge in [0, 0.05) is 18.0 Å². The number of nitrogens with one attached hydrogen (secondary N) is 2. The highest BCUT2D eigenvalue weighted by Crippen LogP contribution is 2.21. The lowest BCUT2D eigenvalue weighted by Gasteiger charge is -2.19. The smallest absolute Gasteiger partial charge is 0.145 e. The molecule has 0 fully saturated rings. The highest BCUT2D eigenvalue weighted by atomic mass is 15.3. The molecule has 1 heterocycles. The molecule has 0 atom stereocenters. The maximum absolute atomic E-state index is 5.42. The van der Waals surface area contributed by atoms with E-state index >= 15 is 0 Å². The summed E-state index contributed by atoms with van der Waals surface area (Å²) in [6.45, 7) is 11.4.